The van der Waals surface area contributed by atoms with Crippen LogP contribution in [0.2, 0.25) is 0 Å². The molecular formula is C16H21BrN4OS. The van der Waals surface area contributed by atoms with Crippen LogP contribution in [0.5, 0.6) is 0 Å². The van der Waals surface area contributed by atoms with E-state index in [1.807, 2.05) is 17.8 Å². The molecule has 7 heteroatoms. The number of guanidine groups is 1. The minimum atomic E-state index is 0.0271. The van der Waals surface area contributed by atoms with E-state index >= 15 is 0 Å². The fraction of sp³-hybridized carbons (Fsp3) is 0.375. The maximum Gasteiger partial charge on any atom is 0.191 e. The van der Waals surface area contributed by atoms with Gasteiger partial charge in [0.2, 0.25) is 0 Å². The van der Waals surface area contributed by atoms with Gasteiger partial charge in [0.15, 0.2) is 5.96 Å². The number of rotatable bonds is 6. The third-order valence-corrected chi connectivity index (χ3v) is 4.77. The molecule has 0 spiro atoms. The molecule has 2 N–H and O–H groups in total. The zero-order valence-corrected chi connectivity index (χ0v) is 15.9. The predicted molar refractivity (Wildman–Crippen MR) is 98.8 cm³/mol. The van der Waals surface area contributed by atoms with Gasteiger partial charge in [0, 0.05) is 33.8 Å². The molecule has 0 saturated carbocycles. The van der Waals surface area contributed by atoms with Crippen molar-refractivity contribution >= 4 is 33.7 Å². The van der Waals surface area contributed by atoms with Crippen molar-refractivity contribution in [2.24, 2.45) is 4.99 Å². The monoisotopic (exact) mass is 396 g/mol. The van der Waals surface area contributed by atoms with E-state index in [0.717, 1.165) is 22.7 Å². The summed E-state index contributed by atoms with van der Waals surface area (Å²) in [5.74, 6) is 0.748. The number of halogens is 1. The lowest BCUT2D eigenvalue weighted by Crippen LogP contribution is -2.43. The van der Waals surface area contributed by atoms with Gasteiger partial charge in [0.05, 0.1) is 6.54 Å². The zero-order chi connectivity index (χ0) is 16.7. The first-order chi connectivity index (χ1) is 11.0. The standard InChI is InChI=1S/C16H21BrN4OS/c1-16(2,23-14-6-4-12(17)5-7-14)11-20-15(18-3)19-10-13-8-9-22-21-13/h4-9H,10-11H2,1-3H3,(H2,18,19,20). The number of thioether (sulfide) groups is 1. The van der Waals surface area contributed by atoms with Crippen molar-refractivity contribution in [2.75, 3.05) is 13.6 Å². The molecule has 5 nitrogen and oxygen atoms in total. The second-order valence-electron chi connectivity index (χ2n) is 5.59. The topological polar surface area (TPSA) is 62.5 Å². The Kier molecular flexibility index (Phi) is 6.53. The molecule has 0 aliphatic carbocycles. The summed E-state index contributed by atoms with van der Waals surface area (Å²) in [4.78, 5) is 5.47. The Bertz CT molecular complexity index is 626. The van der Waals surface area contributed by atoms with Crippen LogP contribution < -0.4 is 10.6 Å². The van der Waals surface area contributed by atoms with Crippen LogP contribution in [-0.2, 0) is 6.54 Å². The Labute approximate surface area is 149 Å². The molecular weight excluding hydrogens is 376 g/mol. The van der Waals surface area contributed by atoms with E-state index in [1.54, 1.807) is 13.3 Å². The number of aromatic nitrogens is 1. The third-order valence-electron chi connectivity index (χ3n) is 3.04. The maximum atomic E-state index is 4.81. The molecule has 1 aromatic carbocycles. The highest BCUT2D eigenvalue weighted by Gasteiger charge is 2.20. The van der Waals surface area contributed by atoms with Gasteiger partial charge in [-0.15, -0.1) is 11.8 Å². The highest BCUT2D eigenvalue weighted by Crippen LogP contribution is 2.32. The molecule has 0 amide bonds. The molecule has 0 atom stereocenters. The molecule has 0 saturated heterocycles. The molecule has 1 aromatic heterocycles. The van der Waals surface area contributed by atoms with Crippen molar-refractivity contribution < 1.29 is 4.52 Å². The molecule has 124 valence electrons. The van der Waals surface area contributed by atoms with E-state index in [4.69, 9.17) is 4.52 Å². The Morgan fingerprint density at radius 3 is 2.61 bits per heavy atom. The fourth-order valence-corrected chi connectivity index (χ4v) is 3.20. The summed E-state index contributed by atoms with van der Waals surface area (Å²) in [7, 11) is 1.76. The Morgan fingerprint density at radius 1 is 1.26 bits per heavy atom. The van der Waals surface area contributed by atoms with Crippen molar-refractivity contribution in [3.63, 3.8) is 0 Å². The maximum absolute atomic E-state index is 4.81. The van der Waals surface area contributed by atoms with Crippen LogP contribution in [0, 0.1) is 0 Å². The molecule has 2 rings (SSSR count). The van der Waals surface area contributed by atoms with Crippen molar-refractivity contribution in [1.82, 2.24) is 15.8 Å². The van der Waals surface area contributed by atoms with Gasteiger partial charge in [0.1, 0.15) is 12.0 Å². The van der Waals surface area contributed by atoms with Gasteiger partial charge in [0.25, 0.3) is 0 Å². The normalized spacial score (nSPS) is 12.3. The predicted octanol–water partition coefficient (Wildman–Crippen LogP) is 3.67. The van der Waals surface area contributed by atoms with Crippen LogP contribution >= 0.6 is 27.7 Å². The van der Waals surface area contributed by atoms with Gasteiger partial charge in [-0.2, -0.15) is 0 Å². The van der Waals surface area contributed by atoms with Crippen LogP contribution in [0.1, 0.15) is 19.5 Å². The van der Waals surface area contributed by atoms with Gasteiger partial charge in [-0.1, -0.05) is 21.1 Å². The summed E-state index contributed by atoms with van der Waals surface area (Å²) >= 11 is 5.29. The SMILES string of the molecule is CN=C(NCc1ccon1)NCC(C)(C)Sc1ccc(Br)cc1. The molecule has 0 aliphatic rings. The lowest BCUT2D eigenvalue weighted by Gasteiger charge is -2.25. The fourth-order valence-electron chi connectivity index (χ4n) is 1.88. The first kappa shape index (κ1) is 17.9. The smallest absolute Gasteiger partial charge is 0.191 e. The van der Waals surface area contributed by atoms with Gasteiger partial charge >= 0.3 is 0 Å². The first-order valence-corrected chi connectivity index (χ1v) is 8.88. The van der Waals surface area contributed by atoms with Crippen molar-refractivity contribution in [3.8, 4) is 0 Å². The zero-order valence-electron chi connectivity index (χ0n) is 13.5. The van der Waals surface area contributed by atoms with E-state index < -0.39 is 0 Å². The summed E-state index contributed by atoms with van der Waals surface area (Å²) in [5, 5.41) is 10.4. The summed E-state index contributed by atoms with van der Waals surface area (Å²) < 4.78 is 5.93. The van der Waals surface area contributed by atoms with Crippen molar-refractivity contribution in [3.05, 3.63) is 46.8 Å². The van der Waals surface area contributed by atoms with Crippen molar-refractivity contribution in [2.45, 2.75) is 30.0 Å². The van der Waals surface area contributed by atoms with E-state index in [1.165, 1.54) is 4.90 Å². The summed E-state index contributed by atoms with van der Waals surface area (Å²) in [6.07, 6.45) is 1.56. The van der Waals surface area contributed by atoms with Gasteiger partial charge in [-0.3, -0.25) is 4.99 Å². The summed E-state index contributed by atoms with van der Waals surface area (Å²) in [6, 6.07) is 10.2. The largest absolute Gasteiger partial charge is 0.364 e. The third kappa shape index (κ3) is 6.27. The first-order valence-electron chi connectivity index (χ1n) is 7.27. The van der Waals surface area contributed by atoms with Crippen LogP contribution in [0.25, 0.3) is 0 Å². The molecule has 0 unspecified atom stereocenters. The Hall–Kier alpha value is -1.47. The van der Waals surface area contributed by atoms with Crippen LogP contribution in [-0.4, -0.2) is 29.5 Å². The number of hydrogen-bond donors (Lipinski definition) is 2. The lowest BCUT2D eigenvalue weighted by atomic mass is 10.2. The second kappa shape index (κ2) is 8.40. The summed E-state index contributed by atoms with van der Waals surface area (Å²) in [5.41, 5.74) is 0.844. The number of nitrogens with zero attached hydrogens (tertiary/aromatic N) is 2. The molecule has 1 heterocycles. The van der Waals surface area contributed by atoms with Crippen LogP contribution in [0.3, 0.4) is 0 Å². The van der Waals surface area contributed by atoms with Crippen LogP contribution in [0.15, 0.2) is 55.5 Å². The van der Waals surface area contributed by atoms with Crippen molar-refractivity contribution in [1.29, 1.82) is 0 Å². The quantitative estimate of drug-likeness (QED) is 0.443. The minimum absolute atomic E-state index is 0.0271. The Balaban J connectivity index is 1.82. The average molecular weight is 397 g/mol. The number of benzene rings is 1. The molecule has 23 heavy (non-hydrogen) atoms. The average Bonchev–Trinajstić information content (AvgIpc) is 3.03. The van der Waals surface area contributed by atoms with Gasteiger partial charge in [-0.25, -0.2) is 0 Å². The summed E-state index contributed by atoms with van der Waals surface area (Å²) in [6.45, 7) is 5.78. The number of nitrogens with one attached hydrogen (secondary N) is 2. The van der Waals surface area contributed by atoms with Gasteiger partial charge in [-0.05, 0) is 38.1 Å². The Morgan fingerprint density at radius 2 is 2.00 bits per heavy atom. The highest BCUT2D eigenvalue weighted by molar-refractivity contribution is 9.10. The minimum Gasteiger partial charge on any atom is -0.364 e. The molecule has 0 radical (unpaired) electrons. The van der Waals surface area contributed by atoms with E-state index in [-0.39, 0.29) is 4.75 Å². The van der Waals surface area contributed by atoms with E-state index in [2.05, 4.69) is 74.8 Å². The lowest BCUT2D eigenvalue weighted by molar-refractivity contribution is 0.410. The number of aliphatic imine (C=N–C) groups is 1. The molecule has 0 fully saturated rings. The van der Waals surface area contributed by atoms with E-state index in [0.29, 0.717) is 6.54 Å². The molecule has 0 bridgehead atoms. The molecule has 2 aromatic rings. The second-order valence-corrected chi connectivity index (χ2v) is 8.28. The van der Waals surface area contributed by atoms with Crippen LogP contribution in [0.4, 0.5) is 0 Å². The number of hydrogen-bond acceptors (Lipinski definition) is 4. The van der Waals surface area contributed by atoms with E-state index in [9.17, 15) is 0 Å². The van der Waals surface area contributed by atoms with Gasteiger partial charge < -0.3 is 15.2 Å². The highest BCUT2D eigenvalue weighted by atomic mass is 79.9. The molecule has 0 aliphatic heterocycles.